The molecular weight excluding hydrogens is 250 g/mol. The Morgan fingerprint density at radius 3 is 2.75 bits per heavy atom. The van der Waals surface area contributed by atoms with Gasteiger partial charge in [0.25, 0.3) is 0 Å². The van der Waals surface area contributed by atoms with Crippen LogP contribution in [0, 0.1) is 6.92 Å². The summed E-state index contributed by atoms with van der Waals surface area (Å²) in [4.78, 5) is 0. The number of fused-ring (bicyclic) bond motifs is 1. The van der Waals surface area contributed by atoms with E-state index in [0.29, 0.717) is 23.8 Å². The molecule has 1 fully saturated rings. The minimum atomic E-state index is 0.287. The normalized spacial score (nSPS) is 33.1. The zero-order valence-electron chi connectivity index (χ0n) is 12.6. The molecule has 0 aromatic heterocycles. The molecule has 1 aromatic rings. The van der Waals surface area contributed by atoms with Crippen LogP contribution >= 0.6 is 0 Å². The van der Waals surface area contributed by atoms with Crippen LogP contribution in [-0.2, 0) is 4.74 Å². The van der Waals surface area contributed by atoms with Crippen LogP contribution in [0.1, 0.15) is 61.8 Å². The fraction of sp³-hybridized carbons (Fsp3) is 0.647. The molecule has 1 aliphatic carbocycles. The second kappa shape index (κ2) is 5.38. The van der Waals surface area contributed by atoms with Crippen LogP contribution in [0.25, 0.3) is 0 Å². The van der Waals surface area contributed by atoms with Gasteiger partial charge in [-0.1, -0.05) is 13.0 Å². The Bertz CT molecular complexity index is 500. The fourth-order valence-corrected chi connectivity index (χ4v) is 3.93. The summed E-state index contributed by atoms with van der Waals surface area (Å²) in [7, 11) is 0. The van der Waals surface area contributed by atoms with Crippen LogP contribution in [0.4, 0.5) is 0 Å². The zero-order chi connectivity index (χ0) is 14.3. The van der Waals surface area contributed by atoms with Crippen LogP contribution in [0.5, 0.6) is 5.75 Å². The van der Waals surface area contributed by atoms with Gasteiger partial charge < -0.3 is 15.2 Å². The number of nitrogens with one attached hydrogen (secondary N) is 1. The van der Waals surface area contributed by atoms with Crippen LogP contribution in [0.3, 0.4) is 0 Å². The second-order valence-electron chi connectivity index (χ2n) is 6.49. The van der Waals surface area contributed by atoms with Gasteiger partial charge >= 0.3 is 0 Å². The van der Waals surface area contributed by atoms with E-state index in [2.05, 4.69) is 26.1 Å². The first-order chi connectivity index (χ1) is 9.56. The van der Waals surface area contributed by atoms with Crippen molar-refractivity contribution >= 4 is 0 Å². The molecule has 0 amide bonds. The summed E-state index contributed by atoms with van der Waals surface area (Å²) < 4.78 is 5.62. The third-order valence-electron chi connectivity index (χ3n) is 4.83. The van der Waals surface area contributed by atoms with Gasteiger partial charge in [0.1, 0.15) is 5.75 Å². The van der Waals surface area contributed by atoms with Crippen LogP contribution in [-0.4, -0.2) is 23.9 Å². The van der Waals surface area contributed by atoms with Gasteiger partial charge in [0, 0.05) is 24.3 Å². The molecule has 0 spiro atoms. The molecule has 0 radical (unpaired) electrons. The molecular formula is C17H25NO2. The maximum atomic E-state index is 10.3. The molecule has 4 atom stereocenters. The fourth-order valence-electron chi connectivity index (χ4n) is 3.93. The van der Waals surface area contributed by atoms with Gasteiger partial charge in [0.15, 0.2) is 0 Å². The van der Waals surface area contributed by atoms with Gasteiger partial charge in [-0.05, 0) is 56.2 Å². The van der Waals surface area contributed by atoms with Crippen LogP contribution in [0.2, 0.25) is 0 Å². The Hall–Kier alpha value is -1.06. The van der Waals surface area contributed by atoms with E-state index in [1.54, 1.807) is 0 Å². The van der Waals surface area contributed by atoms with Crippen molar-refractivity contribution in [3.8, 4) is 5.75 Å². The van der Waals surface area contributed by atoms with E-state index >= 15 is 0 Å². The smallest absolute Gasteiger partial charge is 0.120 e. The highest BCUT2D eigenvalue weighted by atomic mass is 16.5. The molecule has 3 nitrogen and oxygen atoms in total. The summed E-state index contributed by atoms with van der Waals surface area (Å²) >= 11 is 0. The van der Waals surface area contributed by atoms with E-state index in [1.807, 2.05) is 12.1 Å². The van der Waals surface area contributed by atoms with Crippen molar-refractivity contribution in [2.24, 2.45) is 0 Å². The van der Waals surface area contributed by atoms with Gasteiger partial charge in [-0.15, -0.1) is 0 Å². The lowest BCUT2D eigenvalue weighted by atomic mass is 9.97. The first kappa shape index (κ1) is 13.9. The number of aryl methyl sites for hydroxylation is 1. The Kier molecular flexibility index (Phi) is 3.74. The number of benzene rings is 1. The second-order valence-corrected chi connectivity index (χ2v) is 6.49. The number of rotatable bonds is 2. The maximum absolute atomic E-state index is 10.3. The van der Waals surface area contributed by atoms with Crippen LogP contribution in [0.15, 0.2) is 12.1 Å². The lowest BCUT2D eigenvalue weighted by Gasteiger charge is -2.31. The van der Waals surface area contributed by atoms with E-state index < -0.39 is 0 Å². The Morgan fingerprint density at radius 2 is 2.00 bits per heavy atom. The van der Waals surface area contributed by atoms with Crippen molar-refractivity contribution in [2.75, 3.05) is 6.61 Å². The summed E-state index contributed by atoms with van der Waals surface area (Å²) in [6.45, 7) is 7.39. The highest BCUT2D eigenvalue weighted by molar-refractivity contribution is 5.50. The summed E-state index contributed by atoms with van der Waals surface area (Å²) in [5, 5.41) is 14.0. The average Bonchev–Trinajstić information content (AvgIpc) is 2.72. The van der Waals surface area contributed by atoms with Gasteiger partial charge in [-0.2, -0.15) is 0 Å². The minimum Gasteiger partial charge on any atom is -0.508 e. The topological polar surface area (TPSA) is 41.5 Å². The summed E-state index contributed by atoms with van der Waals surface area (Å²) in [6.07, 6.45) is 3.55. The molecule has 1 heterocycles. The third-order valence-corrected chi connectivity index (χ3v) is 4.83. The van der Waals surface area contributed by atoms with Gasteiger partial charge in [-0.3, -0.25) is 0 Å². The lowest BCUT2D eigenvalue weighted by molar-refractivity contribution is 0.0111. The molecule has 1 aliphatic heterocycles. The monoisotopic (exact) mass is 275 g/mol. The maximum Gasteiger partial charge on any atom is 0.120 e. The van der Waals surface area contributed by atoms with E-state index in [9.17, 15) is 5.11 Å². The van der Waals surface area contributed by atoms with Crippen LogP contribution < -0.4 is 5.32 Å². The SMILES string of the molecule is Cc1ccc(O)c2c1C(C)CC2NC1CCOC(C)C1. The molecule has 0 saturated carbocycles. The first-order valence-corrected chi connectivity index (χ1v) is 7.76. The summed E-state index contributed by atoms with van der Waals surface area (Å²) in [5.74, 6) is 0.972. The number of aromatic hydroxyl groups is 1. The molecule has 0 bridgehead atoms. The number of phenols is 1. The lowest BCUT2D eigenvalue weighted by Crippen LogP contribution is -2.39. The largest absolute Gasteiger partial charge is 0.508 e. The number of ether oxygens (including phenoxy) is 1. The van der Waals surface area contributed by atoms with Crippen molar-refractivity contribution in [1.29, 1.82) is 0 Å². The highest BCUT2D eigenvalue weighted by Crippen LogP contribution is 2.46. The minimum absolute atomic E-state index is 0.287. The van der Waals surface area contributed by atoms with Gasteiger partial charge in [0.05, 0.1) is 6.10 Å². The molecule has 110 valence electrons. The quantitative estimate of drug-likeness (QED) is 0.869. The predicted molar refractivity (Wildman–Crippen MR) is 80.2 cm³/mol. The Balaban J connectivity index is 1.82. The Labute approximate surface area is 121 Å². The predicted octanol–water partition coefficient (Wildman–Crippen LogP) is 3.41. The number of phenolic OH excluding ortho intramolecular Hbond substituents is 1. The van der Waals surface area contributed by atoms with Gasteiger partial charge in [-0.25, -0.2) is 0 Å². The average molecular weight is 275 g/mol. The van der Waals surface area contributed by atoms with E-state index in [0.717, 1.165) is 31.4 Å². The number of hydrogen-bond donors (Lipinski definition) is 2. The molecule has 4 unspecified atom stereocenters. The number of hydrogen-bond acceptors (Lipinski definition) is 3. The Morgan fingerprint density at radius 1 is 1.20 bits per heavy atom. The standard InChI is InChI=1S/C17H25NO2/c1-10-4-5-15(19)17-14(8-11(2)16(10)17)18-13-6-7-20-12(3)9-13/h4-5,11-14,18-19H,6-9H2,1-3H3. The molecule has 1 aromatic carbocycles. The summed E-state index contributed by atoms with van der Waals surface area (Å²) in [6, 6.07) is 4.66. The third kappa shape index (κ3) is 2.45. The van der Waals surface area contributed by atoms with E-state index in [-0.39, 0.29) is 6.04 Å². The van der Waals surface area contributed by atoms with Crippen molar-refractivity contribution in [1.82, 2.24) is 5.32 Å². The van der Waals surface area contributed by atoms with Crippen molar-refractivity contribution in [2.45, 2.75) is 64.1 Å². The molecule has 2 N–H and O–H groups in total. The molecule has 3 rings (SSSR count). The van der Waals surface area contributed by atoms with Gasteiger partial charge in [0.2, 0.25) is 0 Å². The van der Waals surface area contributed by atoms with E-state index in [1.165, 1.54) is 11.1 Å². The van der Waals surface area contributed by atoms with Crippen molar-refractivity contribution in [3.63, 3.8) is 0 Å². The molecule has 3 heteroatoms. The highest BCUT2D eigenvalue weighted by Gasteiger charge is 2.34. The molecule has 20 heavy (non-hydrogen) atoms. The van der Waals surface area contributed by atoms with E-state index in [4.69, 9.17) is 4.74 Å². The zero-order valence-corrected chi connectivity index (χ0v) is 12.6. The molecule has 2 aliphatic rings. The van der Waals surface area contributed by atoms with Crippen molar-refractivity contribution in [3.05, 3.63) is 28.8 Å². The molecule has 1 saturated heterocycles. The summed E-state index contributed by atoms with van der Waals surface area (Å²) in [5.41, 5.74) is 3.79. The first-order valence-electron chi connectivity index (χ1n) is 7.76. The van der Waals surface area contributed by atoms with Crippen molar-refractivity contribution < 1.29 is 9.84 Å².